The number of halogens is 1. The zero-order chi connectivity index (χ0) is 27.4. The number of nitrogens with one attached hydrogen (secondary N) is 1. The summed E-state index contributed by atoms with van der Waals surface area (Å²) >= 11 is 0. The molecule has 2 fully saturated rings. The SMILES string of the molecule is CC(C)(C)OC(=O)N1CCNC2(CC2c2ncnc3c2c(-c2ccccc2F)cn3-c2cc(C#N)ccn2)C1. The molecule has 1 saturated carbocycles. The van der Waals surface area contributed by atoms with Crippen LogP contribution in [-0.2, 0) is 4.74 Å². The maximum absolute atomic E-state index is 15.1. The number of carbonyl (C=O) groups excluding carboxylic acids is 1. The van der Waals surface area contributed by atoms with Gasteiger partial charge in [0.25, 0.3) is 0 Å². The van der Waals surface area contributed by atoms with Gasteiger partial charge in [-0.2, -0.15) is 5.26 Å². The standard InChI is InChI=1S/C29H28FN7O2/c1-28(2,3)39-27(38)36-11-10-35-29(16-36)13-21(29)25-24-20(19-6-4-5-7-22(19)30)15-37(26(24)34-17-33-25)23-12-18(14-31)8-9-32-23/h4-9,12,15,17,21,35H,10-11,13,16H2,1-3H3. The van der Waals surface area contributed by atoms with Gasteiger partial charge in [-0.05, 0) is 45.4 Å². The monoisotopic (exact) mass is 525 g/mol. The molecule has 2 atom stereocenters. The molecule has 1 N–H and O–H groups in total. The maximum atomic E-state index is 15.1. The summed E-state index contributed by atoms with van der Waals surface area (Å²) in [5, 5.41) is 13.8. The van der Waals surface area contributed by atoms with Crippen LogP contribution in [0.15, 0.2) is 55.1 Å². The number of rotatable bonds is 3. The van der Waals surface area contributed by atoms with Crippen LogP contribution < -0.4 is 5.32 Å². The van der Waals surface area contributed by atoms with Crippen LogP contribution in [0.3, 0.4) is 0 Å². The van der Waals surface area contributed by atoms with E-state index >= 15 is 4.39 Å². The fourth-order valence-electron chi connectivity index (χ4n) is 5.46. The first kappa shape index (κ1) is 24.9. The van der Waals surface area contributed by atoms with Crippen LogP contribution in [0.4, 0.5) is 9.18 Å². The molecule has 39 heavy (non-hydrogen) atoms. The van der Waals surface area contributed by atoms with Crippen LogP contribution in [0.1, 0.15) is 44.4 Å². The van der Waals surface area contributed by atoms with E-state index in [-0.39, 0.29) is 23.4 Å². The molecular weight excluding hydrogens is 497 g/mol. The Morgan fingerprint density at radius 3 is 2.79 bits per heavy atom. The minimum absolute atomic E-state index is 0.0204. The van der Waals surface area contributed by atoms with Crippen molar-refractivity contribution in [1.29, 1.82) is 5.26 Å². The number of aromatic nitrogens is 4. The van der Waals surface area contributed by atoms with E-state index in [1.54, 1.807) is 52.2 Å². The zero-order valence-electron chi connectivity index (χ0n) is 22.0. The Morgan fingerprint density at radius 2 is 2.03 bits per heavy atom. The lowest BCUT2D eigenvalue weighted by Crippen LogP contribution is -2.55. The zero-order valence-corrected chi connectivity index (χ0v) is 22.0. The quantitative estimate of drug-likeness (QED) is 0.418. The Labute approximate surface area is 225 Å². The number of amides is 1. The van der Waals surface area contributed by atoms with Crippen LogP contribution in [0.5, 0.6) is 0 Å². The summed E-state index contributed by atoms with van der Waals surface area (Å²) in [5.74, 6) is 0.124. The minimum atomic E-state index is -0.578. The normalized spacial score (nSPS) is 20.7. The first-order chi connectivity index (χ1) is 18.7. The first-order valence-electron chi connectivity index (χ1n) is 12.9. The Kier molecular flexibility index (Phi) is 5.84. The summed E-state index contributed by atoms with van der Waals surface area (Å²) in [6.07, 6.45) is 5.32. The number of ether oxygens (including phenoxy) is 1. The number of hydrogen-bond acceptors (Lipinski definition) is 7. The lowest BCUT2D eigenvalue weighted by atomic mass is 10.0. The Hall–Kier alpha value is -4.36. The van der Waals surface area contributed by atoms with E-state index in [4.69, 9.17) is 9.72 Å². The van der Waals surface area contributed by atoms with Crippen molar-refractivity contribution in [1.82, 2.24) is 29.7 Å². The highest BCUT2D eigenvalue weighted by Crippen LogP contribution is 2.54. The highest BCUT2D eigenvalue weighted by molar-refractivity contribution is 5.97. The van der Waals surface area contributed by atoms with Gasteiger partial charge in [-0.1, -0.05) is 18.2 Å². The van der Waals surface area contributed by atoms with E-state index in [0.717, 1.165) is 17.5 Å². The molecule has 4 heterocycles. The Morgan fingerprint density at radius 1 is 1.21 bits per heavy atom. The van der Waals surface area contributed by atoms with E-state index in [9.17, 15) is 10.1 Å². The van der Waals surface area contributed by atoms with Gasteiger partial charge in [0.2, 0.25) is 0 Å². The fourth-order valence-corrected chi connectivity index (χ4v) is 5.46. The molecule has 1 aliphatic heterocycles. The van der Waals surface area contributed by atoms with Gasteiger partial charge in [-0.15, -0.1) is 0 Å². The molecule has 6 rings (SSSR count). The number of piperazine rings is 1. The summed E-state index contributed by atoms with van der Waals surface area (Å²) in [6, 6.07) is 12.1. The highest BCUT2D eigenvalue weighted by atomic mass is 19.1. The van der Waals surface area contributed by atoms with E-state index < -0.39 is 5.60 Å². The largest absolute Gasteiger partial charge is 0.444 e. The molecule has 1 saturated heterocycles. The van der Waals surface area contributed by atoms with E-state index in [1.807, 2.05) is 20.8 Å². The fraction of sp³-hybridized carbons (Fsp3) is 0.345. The van der Waals surface area contributed by atoms with Gasteiger partial charge in [0, 0.05) is 60.0 Å². The Bertz CT molecular complexity index is 1640. The predicted octanol–water partition coefficient (Wildman–Crippen LogP) is 4.56. The summed E-state index contributed by atoms with van der Waals surface area (Å²) < 4.78 is 22.5. The van der Waals surface area contributed by atoms with Crippen molar-refractivity contribution in [2.24, 2.45) is 0 Å². The lowest BCUT2D eigenvalue weighted by molar-refractivity contribution is 0.0181. The van der Waals surface area contributed by atoms with E-state index in [2.05, 4.69) is 21.4 Å². The molecule has 2 unspecified atom stereocenters. The molecule has 4 aromatic rings. The molecule has 1 aliphatic carbocycles. The summed E-state index contributed by atoms with van der Waals surface area (Å²) in [7, 11) is 0. The molecule has 1 spiro atoms. The van der Waals surface area contributed by atoms with Crippen LogP contribution in [0.2, 0.25) is 0 Å². The van der Waals surface area contributed by atoms with Gasteiger partial charge < -0.3 is 15.0 Å². The maximum Gasteiger partial charge on any atom is 0.410 e. The Balaban J connectivity index is 1.45. The number of nitriles is 1. The second-order valence-electron chi connectivity index (χ2n) is 11.1. The van der Waals surface area contributed by atoms with E-state index in [0.29, 0.717) is 47.8 Å². The van der Waals surface area contributed by atoms with Crippen LogP contribution in [0, 0.1) is 17.1 Å². The molecule has 3 aromatic heterocycles. The number of nitrogens with zero attached hydrogens (tertiary/aromatic N) is 6. The third kappa shape index (κ3) is 4.49. The van der Waals surface area contributed by atoms with Gasteiger partial charge in [-0.3, -0.25) is 4.57 Å². The van der Waals surface area contributed by atoms with Crippen molar-refractivity contribution in [2.75, 3.05) is 19.6 Å². The van der Waals surface area contributed by atoms with Gasteiger partial charge in [-0.25, -0.2) is 24.1 Å². The smallest absolute Gasteiger partial charge is 0.410 e. The predicted molar refractivity (Wildman–Crippen MR) is 143 cm³/mol. The van der Waals surface area contributed by atoms with Crippen LogP contribution in [0.25, 0.3) is 28.0 Å². The van der Waals surface area contributed by atoms with Gasteiger partial charge in [0.1, 0.15) is 29.2 Å². The van der Waals surface area contributed by atoms with Crippen molar-refractivity contribution < 1.29 is 13.9 Å². The van der Waals surface area contributed by atoms with Crippen molar-refractivity contribution in [3.05, 3.63) is 72.2 Å². The molecule has 1 aromatic carbocycles. The van der Waals surface area contributed by atoms with Crippen LogP contribution in [-0.4, -0.2) is 61.3 Å². The second kappa shape index (κ2) is 9.13. The van der Waals surface area contributed by atoms with Crippen molar-refractivity contribution >= 4 is 17.1 Å². The molecule has 0 radical (unpaired) electrons. The van der Waals surface area contributed by atoms with Crippen molar-refractivity contribution in [3.8, 4) is 23.0 Å². The second-order valence-corrected chi connectivity index (χ2v) is 11.1. The molecule has 1 amide bonds. The molecule has 9 nitrogen and oxygen atoms in total. The summed E-state index contributed by atoms with van der Waals surface area (Å²) in [6.45, 7) is 7.25. The van der Waals surface area contributed by atoms with Crippen molar-refractivity contribution in [2.45, 2.75) is 44.2 Å². The molecule has 0 bridgehead atoms. The van der Waals surface area contributed by atoms with E-state index in [1.165, 1.54) is 12.4 Å². The highest BCUT2D eigenvalue weighted by Gasteiger charge is 2.59. The summed E-state index contributed by atoms with van der Waals surface area (Å²) in [5.41, 5.74) is 1.95. The first-order valence-corrected chi connectivity index (χ1v) is 12.9. The molecule has 198 valence electrons. The molecular formula is C29H28FN7O2. The van der Waals surface area contributed by atoms with Gasteiger partial charge in [0.15, 0.2) is 0 Å². The third-order valence-electron chi connectivity index (χ3n) is 7.29. The average Bonchev–Trinajstić information content (AvgIpc) is 3.45. The van der Waals surface area contributed by atoms with Gasteiger partial charge in [0.05, 0.1) is 17.3 Å². The minimum Gasteiger partial charge on any atom is -0.444 e. The van der Waals surface area contributed by atoms with Crippen molar-refractivity contribution in [3.63, 3.8) is 0 Å². The topological polar surface area (TPSA) is 109 Å². The number of fused-ring (bicyclic) bond motifs is 1. The number of pyridine rings is 1. The number of carbonyl (C=O) groups is 1. The number of hydrogen-bond donors (Lipinski definition) is 1. The van der Waals surface area contributed by atoms with Gasteiger partial charge >= 0.3 is 6.09 Å². The molecule has 10 heteroatoms. The van der Waals surface area contributed by atoms with Crippen LogP contribution >= 0.6 is 0 Å². The molecule has 2 aliphatic rings. The number of benzene rings is 1. The third-order valence-corrected chi connectivity index (χ3v) is 7.29. The average molecular weight is 526 g/mol. The lowest BCUT2D eigenvalue weighted by Gasteiger charge is -2.36. The summed E-state index contributed by atoms with van der Waals surface area (Å²) in [4.78, 5) is 28.3.